The van der Waals surface area contributed by atoms with Crippen LogP contribution in [0.5, 0.6) is 0 Å². The van der Waals surface area contributed by atoms with E-state index in [1.54, 1.807) is 12.1 Å². The maximum atomic E-state index is 12.0. The van der Waals surface area contributed by atoms with Gasteiger partial charge in [0.05, 0.1) is 0 Å². The van der Waals surface area contributed by atoms with Gasteiger partial charge in [-0.1, -0.05) is 22.0 Å². The second kappa shape index (κ2) is 5.18. The summed E-state index contributed by atoms with van der Waals surface area (Å²) in [7, 11) is 0. The minimum atomic E-state index is -0.418. The summed E-state index contributed by atoms with van der Waals surface area (Å²) in [5, 5.41) is 2.72. The number of aromatic amines is 1. The maximum Gasteiger partial charge on any atom is 0.261 e. The average Bonchev–Trinajstić information content (AvgIpc) is 2.35. The van der Waals surface area contributed by atoms with Crippen molar-refractivity contribution in [2.45, 2.75) is 6.92 Å². The normalized spacial score (nSPS) is 10.1. The van der Waals surface area contributed by atoms with Gasteiger partial charge in [-0.15, -0.1) is 0 Å². The SMILES string of the molecule is Cc1c(Br)cccc1NC(=O)c1ccc[nH]c1=O. The van der Waals surface area contributed by atoms with Gasteiger partial charge in [0.1, 0.15) is 5.56 Å². The summed E-state index contributed by atoms with van der Waals surface area (Å²) in [4.78, 5) is 25.9. The summed E-state index contributed by atoms with van der Waals surface area (Å²) < 4.78 is 0.905. The zero-order valence-corrected chi connectivity index (χ0v) is 11.2. The van der Waals surface area contributed by atoms with Gasteiger partial charge in [0.2, 0.25) is 0 Å². The molecule has 0 atom stereocenters. The van der Waals surface area contributed by atoms with E-state index in [0.717, 1.165) is 10.0 Å². The number of hydrogen-bond acceptors (Lipinski definition) is 2. The Bertz CT molecular complexity index is 649. The molecule has 0 saturated heterocycles. The largest absolute Gasteiger partial charge is 0.328 e. The van der Waals surface area contributed by atoms with Gasteiger partial charge in [0.15, 0.2) is 0 Å². The van der Waals surface area contributed by atoms with Crippen molar-refractivity contribution >= 4 is 27.5 Å². The van der Waals surface area contributed by atoms with Crippen LogP contribution in [-0.2, 0) is 0 Å². The lowest BCUT2D eigenvalue weighted by Crippen LogP contribution is -2.22. The fourth-order valence-corrected chi connectivity index (χ4v) is 1.90. The third kappa shape index (κ3) is 2.51. The molecule has 18 heavy (non-hydrogen) atoms. The van der Waals surface area contributed by atoms with Gasteiger partial charge in [0, 0.05) is 16.4 Å². The molecule has 0 aliphatic carbocycles. The Morgan fingerprint density at radius 2 is 2.06 bits per heavy atom. The van der Waals surface area contributed by atoms with Gasteiger partial charge in [-0.3, -0.25) is 9.59 Å². The molecule has 4 nitrogen and oxygen atoms in total. The van der Waals surface area contributed by atoms with Gasteiger partial charge in [0.25, 0.3) is 11.5 Å². The smallest absolute Gasteiger partial charge is 0.261 e. The van der Waals surface area contributed by atoms with Crippen molar-refractivity contribution in [3.8, 4) is 0 Å². The van der Waals surface area contributed by atoms with Crippen molar-refractivity contribution in [2.75, 3.05) is 5.32 Å². The molecule has 1 aromatic carbocycles. The molecule has 0 radical (unpaired) electrons. The van der Waals surface area contributed by atoms with Crippen LogP contribution in [0.4, 0.5) is 5.69 Å². The Morgan fingerprint density at radius 1 is 1.28 bits per heavy atom. The van der Waals surface area contributed by atoms with E-state index in [9.17, 15) is 9.59 Å². The summed E-state index contributed by atoms with van der Waals surface area (Å²) in [6.45, 7) is 1.88. The third-order valence-corrected chi connectivity index (χ3v) is 3.44. The van der Waals surface area contributed by atoms with E-state index in [-0.39, 0.29) is 5.56 Å². The van der Waals surface area contributed by atoms with Gasteiger partial charge in [-0.25, -0.2) is 0 Å². The fraction of sp³-hybridized carbons (Fsp3) is 0.0769. The second-order valence-corrected chi connectivity index (χ2v) is 4.63. The van der Waals surface area contributed by atoms with Gasteiger partial charge in [-0.05, 0) is 36.8 Å². The molecular weight excluding hydrogens is 296 g/mol. The first kappa shape index (κ1) is 12.6. The van der Waals surface area contributed by atoms with E-state index in [0.29, 0.717) is 5.69 Å². The Kier molecular flexibility index (Phi) is 3.62. The summed E-state index contributed by atoms with van der Waals surface area (Å²) >= 11 is 3.39. The standard InChI is InChI=1S/C13H11BrN2O2/c1-8-10(14)5-2-6-11(8)16-13(18)9-4-3-7-15-12(9)17/h2-7H,1H3,(H,15,17)(H,16,18). The highest BCUT2D eigenvalue weighted by Crippen LogP contribution is 2.23. The topological polar surface area (TPSA) is 62.0 Å². The van der Waals surface area contributed by atoms with Crippen molar-refractivity contribution in [3.05, 3.63) is 62.5 Å². The first-order chi connectivity index (χ1) is 8.59. The molecule has 0 unspecified atom stereocenters. The number of carbonyl (C=O) groups excluding carboxylic acids is 1. The predicted molar refractivity (Wildman–Crippen MR) is 73.9 cm³/mol. The molecule has 92 valence electrons. The molecule has 0 spiro atoms. The highest BCUT2D eigenvalue weighted by atomic mass is 79.9. The van der Waals surface area contributed by atoms with Crippen LogP contribution in [0.1, 0.15) is 15.9 Å². The molecule has 0 fully saturated rings. The molecule has 0 aliphatic heterocycles. The zero-order chi connectivity index (χ0) is 13.1. The van der Waals surface area contributed by atoms with Crippen molar-refractivity contribution < 1.29 is 4.79 Å². The summed E-state index contributed by atoms with van der Waals surface area (Å²) in [6, 6.07) is 8.60. The van der Waals surface area contributed by atoms with E-state index in [1.165, 1.54) is 12.3 Å². The van der Waals surface area contributed by atoms with Gasteiger partial charge in [-0.2, -0.15) is 0 Å². The van der Waals surface area contributed by atoms with Crippen LogP contribution in [0.2, 0.25) is 0 Å². The molecular formula is C13H11BrN2O2. The lowest BCUT2D eigenvalue weighted by molar-refractivity contribution is 0.102. The van der Waals surface area contributed by atoms with E-state index >= 15 is 0 Å². The molecule has 0 bridgehead atoms. The predicted octanol–water partition coefficient (Wildman–Crippen LogP) is 2.70. The average molecular weight is 307 g/mol. The number of amides is 1. The first-order valence-corrected chi connectivity index (χ1v) is 6.13. The minimum absolute atomic E-state index is 0.0943. The van der Waals surface area contributed by atoms with Crippen molar-refractivity contribution in [1.29, 1.82) is 0 Å². The maximum absolute atomic E-state index is 12.0. The number of halogens is 1. The Hall–Kier alpha value is -1.88. The number of aromatic nitrogens is 1. The highest BCUT2D eigenvalue weighted by molar-refractivity contribution is 9.10. The van der Waals surface area contributed by atoms with E-state index < -0.39 is 11.5 Å². The highest BCUT2D eigenvalue weighted by Gasteiger charge is 2.11. The number of carbonyl (C=O) groups is 1. The molecule has 0 aliphatic rings. The third-order valence-electron chi connectivity index (χ3n) is 2.58. The van der Waals surface area contributed by atoms with E-state index in [4.69, 9.17) is 0 Å². The number of rotatable bonds is 2. The van der Waals surface area contributed by atoms with E-state index in [2.05, 4.69) is 26.2 Å². The lowest BCUT2D eigenvalue weighted by atomic mass is 10.2. The number of hydrogen-bond donors (Lipinski definition) is 2. The summed E-state index contributed by atoms with van der Waals surface area (Å²) in [6.07, 6.45) is 1.49. The van der Waals surface area contributed by atoms with Crippen LogP contribution in [0.3, 0.4) is 0 Å². The number of nitrogens with one attached hydrogen (secondary N) is 2. The van der Waals surface area contributed by atoms with Crippen molar-refractivity contribution in [3.63, 3.8) is 0 Å². The fourth-order valence-electron chi connectivity index (χ4n) is 1.53. The lowest BCUT2D eigenvalue weighted by Gasteiger charge is -2.09. The minimum Gasteiger partial charge on any atom is -0.328 e. The zero-order valence-electron chi connectivity index (χ0n) is 9.66. The molecule has 5 heteroatoms. The molecule has 1 amide bonds. The monoisotopic (exact) mass is 306 g/mol. The van der Waals surface area contributed by atoms with E-state index in [1.807, 2.05) is 19.1 Å². The van der Waals surface area contributed by atoms with Gasteiger partial charge >= 0.3 is 0 Å². The summed E-state index contributed by atoms with van der Waals surface area (Å²) in [5.41, 5.74) is 1.29. The molecule has 1 aromatic heterocycles. The number of anilines is 1. The molecule has 0 saturated carbocycles. The van der Waals surface area contributed by atoms with Crippen LogP contribution in [0.15, 0.2) is 45.8 Å². The summed E-state index contributed by atoms with van der Waals surface area (Å²) in [5.74, 6) is -0.418. The Balaban J connectivity index is 2.30. The van der Waals surface area contributed by atoms with Crippen LogP contribution in [0, 0.1) is 6.92 Å². The van der Waals surface area contributed by atoms with Crippen LogP contribution < -0.4 is 10.9 Å². The van der Waals surface area contributed by atoms with Crippen LogP contribution in [0.25, 0.3) is 0 Å². The van der Waals surface area contributed by atoms with Crippen molar-refractivity contribution in [1.82, 2.24) is 4.98 Å². The molecule has 2 rings (SSSR count). The number of benzene rings is 1. The molecule has 2 N–H and O–H groups in total. The Labute approximate surface area is 112 Å². The second-order valence-electron chi connectivity index (χ2n) is 3.78. The Morgan fingerprint density at radius 3 is 2.78 bits per heavy atom. The van der Waals surface area contributed by atoms with Gasteiger partial charge < -0.3 is 10.3 Å². The first-order valence-electron chi connectivity index (χ1n) is 5.34. The number of pyridine rings is 1. The quantitative estimate of drug-likeness (QED) is 0.896. The molecule has 2 aromatic rings. The van der Waals surface area contributed by atoms with Crippen LogP contribution >= 0.6 is 15.9 Å². The molecule has 1 heterocycles. The number of H-pyrrole nitrogens is 1. The van der Waals surface area contributed by atoms with Crippen LogP contribution in [-0.4, -0.2) is 10.9 Å². The van der Waals surface area contributed by atoms with Crippen molar-refractivity contribution in [2.24, 2.45) is 0 Å².